The molecule has 1 aliphatic carbocycles. The molecule has 2 nitrogen and oxygen atoms in total. The van der Waals surface area contributed by atoms with Gasteiger partial charge in [0.05, 0.1) is 11.5 Å². The maximum Gasteiger partial charge on any atom is 0.230 e. The minimum absolute atomic E-state index is 0.0896. The van der Waals surface area contributed by atoms with Crippen LogP contribution in [0.5, 0.6) is 0 Å². The van der Waals surface area contributed by atoms with Gasteiger partial charge in [-0.05, 0) is 36.1 Å². The summed E-state index contributed by atoms with van der Waals surface area (Å²) in [5.41, 5.74) is 2.09. The van der Waals surface area contributed by atoms with Crippen molar-refractivity contribution in [3.05, 3.63) is 82.3 Å². The number of hydrogen-bond acceptors (Lipinski definition) is 1. The van der Waals surface area contributed by atoms with E-state index >= 15 is 0 Å². The van der Waals surface area contributed by atoms with E-state index in [1.165, 1.54) is 11.1 Å². The van der Waals surface area contributed by atoms with Crippen molar-refractivity contribution in [1.29, 1.82) is 0 Å². The van der Waals surface area contributed by atoms with Crippen LogP contribution in [0, 0.1) is 11.3 Å². The molecule has 0 aromatic heterocycles. The number of amides is 1. The van der Waals surface area contributed by atoms with E-state index in [0.717, 1.165) is 17.3 Å². The van der Waals surface area contributed by atoms with Crippen LogP contribution in [-0.4, -0.2) is 10.8 Å². The molecular formula is C22H22BrNO. The molecule has 1 heterocycles. The standard InChI is InChI=1S/C22H22BrNO/c1-22-13-6-5-12-19(22)20(17-10-7-11-18(23)14-17)24(21(22)25)15-16-8-3-2-4-9-16/h2-5,7-12,14,19-20H,6,13,15H2,1H3/t19-,20-,22+/m0/s1. The lowest BCUT2D eigenvalue weighted by molar-refractivity contribution is -0.137. The lowest BCUT2D eigenvalue weighted by Gasteiger charge is -2.31. The van der Waals surface area contributed by atoms with Gasteiger partial charge in [0.1, 0.15) is 0 Å². The van der Waals surface area contributed by atoms with Gasteiger partial charge in [-0.2, -0.15) is 0 Å². The molecule has 0 radical (unpaired) electrons. The Balaban J connectivity index is 1.79. The first-order valence-electron chi connectivity index (χ1n) is 8.87. The molecule has 3 atom stereocenters. The van der Waals surface area contributed by atoms with E-state index < -0.39 is 0 Å². The van der Waals surface area contributed by atoms with Crippen molar-refractivity contribution in [1.82, 2.24) is 4.90 Å². The number of likely N-dealkylation sites (tertiary alicyclic amines) is 1. The lowest BCUT2D eigenvalue weighted by atomic mass is 9.69. The Morgan fingerprint density at radius 3 is 2.72 bits per heavy atom. The molecule has 2 aromatic carbocycles. The number of nitrogens with zero attached hydrogens (tertiary/aromatic N) is 1. The molecule has 25 heavy (non-hydrogen) atoms. The molecule has 1 amide bonds. The third-order valence-electron chi connectivity index (χ3n) is 5.72. The zero-order chi connectivity index (χ0) is 17.4. The van der Waals surface area contributed by atoms with Gasteiger partial charge in [0.25, 0.3) is 0 Å². The average Bonchev–Trinajstić information content (AvgIpc) is 2.84. The van der Waals surface area contributed by atoms with Gasteiger partial charge in [-0.15, -0.1) is 0 Å². The van der Waals surface area contributed by atoms with Crippen LogP contribution in [0.15, 0.2) is 71.2 Å². The van der Waals surface area contributed by atoms with E-state index in [9.17, 15) is 4.79 Å². The van der Waals surface area contributed by atoms with E-state index in [2.05, 4.69) is 70.2 Å². The summed E-state index contributed by atoms with van der Waals surface area (Å²) >= 11 is 3.59. The largest absolute Gasteiger partial charge is 0.330 e. The van der Waals surface area contributed by atoms with Crippen LogP contribution in [0.4, 0.5) is 0 Å². The number of halogens is 1. The smallest absolute Gasteiger partial charge is 0.230 e. The third-order valence-corrected chi connectivity index (χ3v) is 6.21. The second-order valence-corrected chi connectivity index (χ2v) is 8.24. The van der Waals surface area contributed by atoms with Gasteiger partial charge in [0.15, 0.2) is 0 Å². The summed E-state index contributed by atoms with van der Waals surface area (Å²) in [7, 11) is 0. The molecule has 0 spiro atoms. The van der Waals surface area contributed by atoms with Crippen LogP contribution in [0.2, 0.25) is 0 Å². The fourth-order valence-corrected chi connectivity index (χ4v) is 4.80. The predicted octanol–water partition coefficient (Wildman–Crippen LogP) is 5.51. The molecule has 0 saturated carbocycles. The monoisotopic (exact) mass is 395 g/mol. The molecule has 1 saturated heterocycles. The van der Waals surface area contributed by atoms with Crippen LogP contribution in [0.25, 0.3) is 0 Å². The summed E-state index contributed by atoms with van der Waals surface area (Å²) < 4.78 is 1.06. The molecule has 3 heteroatoms. The second kappa shape index (κ2) is 6.45. The Kier molecular flexibility index (Phi) is 4.28. The maximum absolute atomic E-state index is 13.4. The van der Waals surface area contributed by atoms with Crippen molar-refractivity contribution in [2.24, 2.45) is 11.3 Å². The quantitative estimate of drug-likeness (QED) is 0.627. The zero-order valence-corrected chi connectivity index (χ0v) is 15.9. The lowest BCUT2D eigenvalue weighted by Crippen LogP contribution is -2.34. The Morgan fingerprint density at radius 2 is 1.96 bits per heavy atom. The van der Waals surface area contributed by atoms with E-state index in [1.54, 1.807) is 0 Å². The van der Waals surface area contributed by atoms with Crippen LogP contribution in [0.1, 0.15) is 36.9 Å². The molecule has 0 N–H and O–H groups in total. The summed E-state index contributed by atoms with van der Waals surface area (Å²) in [6.45, 7) is 2.82. The summed E-state index contributed by atoms with van der Waals surface area (Å²) in [5.74, 6) is 0.516. The number of carbonyl (C=O) groups is 1. The van der Waals surface area contributed by atoms with Gasteiger partial charge >= 0.3 is 0 Å². The maximum atomic E-state index is 13.4. The topological polar surface area (TPSA) is 20.3 Å². The van der Waals surface area contributed by atoms with Crippen molar-refractivity contribution < 1.29 is 4.79 Å². The van der Waals surface area contributed by atoms with Crippen LogP contribution in [0.3, 0.4) is 0 Å². The van der Waals surface area contributed by atoms with E-state index in [1.807, 2.05) is 24.3 Å². The van der Waals surface area contributed by atoms with Crippen molar-refractivity contribution in [3.8, 4) is 0 Å². The molecule has 128 valence electrons. The third kappa shape index (κ3) is 2.85. The minimum atomic E-state index is -0.295. The predicted molar refractivity (Wildman–Crippen MR) is 104 cm³/mol. The molecule has 2 aromatic rings. The van der Waals surface area contributed by atoms with Gasteiger partial charge < -0.3 is 4.90 Å². The fourth-order valence-electron chi connectivity index (χ4n) is 4.38. The Hall–Kier alpha value is -1.87. The average molecular weight is 396 g/mol. The highest BCUT2D eigenvalue weighted by molar-refractivity contribution is 9.10. The van der Waals surface area contributed by atoms with Crippen LogP contribution in [-0.2, 0) is 11.3 Å². The number of carbonyl (C=O) groups excluding carboxylic acids is 1. The molecule has 1 fully saturated rings. The van der Waals surface area contributed by atoms with E-state index in [4.69, 9.17) is 0 Å². The molecule has 1 aliphatic heterocycles. The first-order chi connectivity index (χ1) is 12.1. The van der Waals surface area contributed by atoms with E-state index in [0.29, 0.717) is 6.54 Å². The molecular weight excluding hydrogens is 374 g/mol. The number of rotatable bonds is 3. The van der Waals surface area contributed by atoms with Crippen molar-refractivity contribution in [2.45, 2.75) is 32.4 Å². The number of allylic oxidation sites excluding steroid dienone is 1. The summed E-state index contributed by atoms with van der Waals surface area (Å²) in [4.78, 5) is 15.5. The minimum Gasteiger partial charge on any atom is -0.330 e. The van der Waals surface area contributed by atoms with Crippen molar-refractivity contribution in [3.63, 3.8) is 0 Å². The zero-order valence-electron chi connectivity index (χ0n) is 14.4. The van der Waals surface area contributed by atoms with Gasteiger partial charge in [0, 0.05) is 16.9 Å². The fraction of sp³-hybridized carbons (Fsp3) is 0.318. The van der Waals surface area contributed by atoms with Gasteiger partial charge in [-0.3, -0.25) is 4.79 Å². The number of fused-ring (bicyclic) bond motifs is 1. The SMILES string of the molecule is C[C@@]12CCC=C[C@H]1[C@H](c1cccc(Br)c1)N(Cc1ccccc1)C2=O. The molecule has 2 aliphatic rings. The van der Waals surface area contributed by atoms with Crippen molar-refractivity contribution >= 4 is 21.8 Å². The second-order valence-electron chi connectivity index (χ2n) is 7.33. The normalized spacial score (nSPS) is 28.2. The Labute approximate surface area is 157 Å². The highest BCUT2D eigenvalue weighted by Gasteiger charge is 2.55. The summed E-state index contributed by atoms with van der Waals surface area (Å²) in [6, 6.07) is 18.8. The Bertz CT molecular complexity index is 816. The van der Waals surface area contributed by atoms with Gasteiger partial charge in [0.2, 0.25) is 5.91 Å². The van der Waals surface area contributed by atoms with Gasteiger partial charge in [-0.1, -0.05) is 77.5 Å². The molecule has 0 unspecified atom stereocenters. The number of hydrogen-bond donors (Lipinski definition) is 0. The summed E-state index contributed by atoms with van der Waals surface area (Å²) in [6.07, 6.45) is 6.45. The first-order valence-corrected chi connectivity index (χ1v) is 9.66. The van der Waals surface area contributed by atoms with Gasteiger partial charge in [-0.25, -0.2) is 0 Å². The van der Waals surface area contributed by atoms with E-state index in [-0.39, 0.29) is 23.3 Å². The molecule has 4 rings (SSSR count). The van der Waals surface area contributed by atoms with Crippen LogP contribution < -0.4 is 0 Å². The number of benzene rings is 2. The Morgan fingerprint density at radius 1 is 1.16 bits per heavy atom. The summed E-state index contributed by atoms with van der Waals surface area (Å²) in [5, 5.41) is 0. The molecule has 0 bridgehead atoms. The highest BCUT2D eigenvalue weighted by Crippen LogP contribution is 2.54. The highest BCUT2D eigenvalue weighted by atomic mass is 79.9. The van der Waals surface area contributed by atoms with Crippen LogP contribution >= 0.6 is 15.9 Å². The first kappa shape index (κ1) is 16.6. The van der Waals surface area contributed by atoms with Crippen molar-refractivity contribution in [2.75, 3.05) is 0 Å².